The van der Waals surface area contributed by atoms with E-state index in [1.165, 1.54) is 88.1 Å². The number of rotatable bonds is 4. The highest BCUT2D eigenvalue weighted by Crippen LogP contribution is 2.61. The Morgan fingerprint density at radius 2 is 0.982 bits per heavy atom. The first-order chi connectivity index (χ1) is 27.8. The van der Waals surface area contributed by atoms with E-state index in [9.17, 15) is 0 Å². The summed E-state index contributed by atoms with van der Waals surface area (Å²) in [5.74, 6) is 1.80. The monoisotopic (exact) mass is 710 g/mol. The molecule has 260 valence electrons. The maximum Gasteiger partial charge on any atom is 0.135 e. The molecule has 2 aliphatic rings. The molecule has 10 aromatic rings. The van der Waals surface area contributed by atoms with Crippen LogP contribution in [-0.4, -0.2) is 0 Å². The largest absolute Gasteiger partial charge is 0.456 e. The van der Waals surface area contributed by atoms with Gasteiger partial charge >= 0.3 is 0 Å². The summed E-state index contributed by atoms with van der Waals surface area (Å²) in [6.07, 6.45) is 0. The van der Waals surface area contributed by atoms with Crippen LogP contribution in [0, 0.1) is 0 Å². The Morgan fingerprint density at radius 1 is 0.339 bits per heavy atom. The molecule has 0 fully saturated rings. The Kier molecular flexibility index (Phi) is 6.62. The predicted molar refractivity (Wildman–Crippen MR) is 233 cm³/mol. The maximum absolute atomic E-state index is 6.58. The molecule has 1 heteroatoms. The highest BCUT2D eigenvalue weighted by molar-refractivity contribution is 6.12. The third-order valence-electron chi connectivity index (χ3n) is 12.3. The highest BCUT2D eigenvalue weighted by atomic mass is 16.5. The molecule has 0 aromatic heterocycles. The molecular formula is C55H34O. The van der Waals surface area contributed by atoms with Crippen LogP contribution in [0.2, 0.25) is 0 Å². The van der Waals surface area contributed by atoms with Gasteiger partial charge in [-0.3, -0.25) is 0 Å². The Labute approximate surface area is 325 Å². The van der Waals surface area contributed by atoms with E-state index in [1.807, 2.05) is 6.07 Å². The van der Waals surface area contributed by atoms with Crippen molar-refractivity contribution in [2.75, 3.05) is 0 Å². The highest BCUT2D eigenvalue weighted by Gasteiger charge is 2.48. The molecule has 0 saturated heterocycles. The van der Waals surface area contributed by atoms with Gasteiger partial charge < -0.3 is 4.74 Å². The van der Waals surface area contributed by atoms with Gasteiger partial charge in [-0.15, -0.1) is 0 Å². The van der Waals surface area contributed by atoms with Crippen molar-refractivity contribution in [3.63, 3.8) is 0 Å². The minimum absolute atomic E-state index is 0.593. The van der Waals surface area contributed by atoms with Gasteiger partial charge in [-0.2, -0.15) is 0 Å². The van der Waals surface area contributed by atoms with Gasteiger partial charge in [-0.1, -0.05) is 176 Å². The van der Waals surface area contributed by atoms with Crippen LogP contribution in [-0.2, 0) is 5.41 Å². The van der Waals surface area contributed by atoms with Crippen LogP contribution >= 0.6 is 0 Å². The van der Waals surface area contributed by atoms with Gasteiger partial charge in [-0.05, 0) is 118 Å². The lowest BCUT2D eigenvalue weighted by molar-refractivity contribution is 0.487. The second-order valence-corrected chi connectivity index (χ2v) is 15.1. The van der Waals surface area contributed by atoms with Crippen molar-refractivity contribution in [2.24, 2.45) is 0 Å². The van der Waals surface area contributed by atoms with Gasteiger partial charge in [0.2, 0.25) is 0 Å². The summed E-state index contributed by atoms with van der Waals surface area (Å²) in [5.41, 5.74) is 14.3. The van der Waals surface area contributed by atoms with Crippen LogP contribution < -0.4 is 4.74 Å². The predicted octanol–water partition coefficient (Wildman–Crippen LogP) is 14.6. The summed E-state index contributed by atoms with van der Waals surface area (Å²) in [5, 5.41) is 7.33. The van der Waals surface area contributed by atoms with Crippen LogP contribution in [0.1, 0.15) is 22.3 Å². The zero-order valence-corrected chi connectivity index (χ0v) is 30.5. The van der Waals surface area contributed by atoms with Crippen molar-refractivity contribution in [3.05, 3.63) is 229 Å². The quantitative estimate of drug-likeness (QED) is 0.177. The number of hydrogen-bond acceptors (Lipinski definition) is 1. The third-order valence-corrected chi connectivity index (χ3v) is 12.3. The molecule has 0 N–H and O–H groups in total. The number of ether oxygens (including phenoxy) is 1. The molecule has 0 spiro atoms. The minimum Gasteiger partial charge on any atom is -0.456 e. The topological polar surface area (TPSA) is 9.23 Å². The fourth-order valence-corrected chi connectivity index (χ4v) is 9.96. The average molecular weight is 711 g/mol. The molecule has 0 bridgehead atoms. The standard InChI is InChI=1S/C55H34O/c1-3-17-40(18-4-1)55(41-19-5-2-6-20-41)49-34-39(42-30-31-51-53-45(42)23-13-24-46(53)44-22-11-12-25-50(44)56-51)33-48(38-27-26-35-14-7-8-16-37(35)32-38)52(49)47-29-28-36-15-9-10-21-43(36)54(47)55/h1-34H. The Balaban J connectivity index is 1.25. The van der Waals surface area contributed by atoms with E-state index in [-0.39, 0.29) is 0 Å². The van der Waals surface area contributed by atoms with E-state index >= 15 is 0 Å². The Bertz CT molecular complexity index is 3170. The molecular weight excluding hydrogens is 677 g/mol. The van der Waals surface area contributed by atoms with E-state index in [0.717, 1.165) is 22.4 Å². The molecule has 0 unspecified atom stereocenters. The molecule has 0 radical (unpaired) electrons. The molecule has 0 atom stereocenters. The van der Waals surface area contributed by atoms with E-state index in [4.69, 9.17) is 4.74 Å². The summed E-state index contributed by atoms with van der Waals surface area (Å²) in [6, 6.07) is 76.1. The molecule has 1 aliphatic carbocycles. The van der Waals surface area contributed by atoms with E-state index in [0.29, 0.717) is 0 Å². The normalized spacial score (nSPS) is 13.3. The number of hydrogen-bond donors (Lipinski definition) is 0. The second kappa shape index (κ2) is 11.9. The van der Waals surface area contributed by atoms with E-state index in [2.05, 4.69) is 200 Å². The number of fused-ring (bicyclic) bond motifs is 8. The van der Waals surface area contributed by atoms with Crippen molar-refractivity contribution in [3.8, 4) is 56.0 Å². The summed E-state index contributed by atoms with van der Waals surface area (Å²) in [7, 11) is 0. The third kappa shape index (κ3) is 4.31. The lowest BCUT2D eigenvalue weighted by Gasteiger charge is -2.35. The lowest BCUT2D eigenvalue weighted by atomic mass is 9.66. The molecule has 1 aliphatic heterocycles. The number of benzene rings is 10. The first-order valence-corrected chi connectivity index (χ1v) is 19.4. The van der Waals surface area contributed by atoms with Gasteiger partial charge in [-0.25, -0.2) is 0 Å². The van der Waals surface area contributed by atoms with Crippen LogP contribution in [0.4, 0.5) is 0 Å². The fraction of sp³-hybridized carbons (Fsp3) is 0.0182. The van der Waals surface area contributed by atoms with E-state index in [1.54, 1.807) is 0 Å². The zero-order valence-electron chi connectivity index (χ0n) is 30.5. The molecule has 0 amide bonds. The summed E-state index contributed by atoms with van der Waals surface area (Å²) >= 11 is 0. The fourth-order valence-electron chi connectivity index (χ4n) is 9.96. The smallest absolute Gasteiger partial charge is 0.135 e. The van der Waals surface area contributed by atoms with Gasteiger partial charge in [0.25, 0.3) is 0 Å². The summed E-state index contributed by atoms with van der Waals surface area (Å²) in [6.45, 7) is 0. The molecule has 1 nitrogen and oxygen atoms in total. The Morgan fingerprint density at radius 3 is 1.80 bits per heavy atom. The van der Waals surface area contributed by atoms with Gasteiger partial charge in [0.05, 0.1) is 5.41 Å². The lowest BCUT2D eigenvalue weighted by Crippen LogP contribution is -2.29. The first-order valence-electron chi connectivity index (χ1n) is 19.4. The maximum atomic E-state index is 6.58. The second-order valence-electron chi connectivity index (χ2n) is 15.1. The van der Waals surface area contributed by atoms with Gasteiger partial charge in [0, 0.05) is 10.9 Å². The minimum atomic E-state index is -0.593. The molecule has 0 saturated carbocycles. The van der Waals surface area contributed by atoms with E-state index < -0.39 is 5.41 Å². The van der Waals surface area contributed by atoms with Crippen LogP contribution in [0.3, 0.4) is 0 Å². The first kappa shape index (κ1) is 31.2. The SMILES string of the molecule is c1ccc(C2(c3ccccc3)c3cc(-c4ccc5c6c(cccc46)-c4ccccc4O5)cc(-c4ccc5ccccc5c4)c3-c3ccc4ccccc4c32)cc1. The van der Waals surface area contributed by atoms with Crippen LogP contribution in [0.15, 0.2) is 206 Å². The van der Waals surface area contributed by atoms with Crippen LogP contribution in [0.5, 0.6) is 11.5 Å². The number of para-hydroxylation sites is 1. The van der Waals surface area contributed by atoms with Gasteiger partial charge in [0.15, 0.2) is 0 Å². The molecule has 12 rings (SSSR count). The van der Waals surface area contributed by atoms with Crippen molar-refractivity contribution >= 4 is 32.3 Å². The molecule has 1 heterocycles. The summed E-state index contributed by atoms with van der Waals surface area (Å²) in [4.78, 5) is 0. The molecule has 10 aromatic carbocycles. The van der Waals surface area contributed by atoms with Gasteiger partial charge in [0.1, 0.15) is 11.5 Å². The van der Waals surface area contributed by atoms with Crippen molar-refractivity contribution in [2.45, 2.75) is 5.41 Å². The molecule has 56 heavy (non-hydrogen) atoms. The summed E-state index contributed by atoms with van der Waals surface area (Å²) < 4.78 is 6.58. The van der Waals surface area contributed by atoms with Crippen molar-refractivity contribution < 1.29 is 4.74 Å². The van der Waals surface area contributed by atoms with Crippen LogP contribution in [0.25, 0.3) is 76.8 Å². The average Bonchev–Trinajstić information content (AvgIpc) is 3.58. The van der Waals surface area contributed by atoms with Crippen molar-refractivity contribution in [1.82, 2.24) is 0 Å². The zero-order chi connectivity index (χ0) is 36.8. The Hall–Kier alpha value is -7.22. The van der Waals surface area contributed by atoms with Crippen molar-refractivity contribution in [1.29, 1.82) is 0 Å².